The lowest BCUT2D eigenvalue weighted by molar-refractivity contribution is 0.318. The van der Waals surface area contributed by atoms with Gasteiger partial charge < -0.3 is 15.7 Å². The average Bonchev–Trinajstić information content (AvgIpc) is 2.41. The number of benzene rings is 1. The van der Waals surface area contributed by atoms with E-state index in [1.54, 1.807) is 30.5 Å². The number of rotatable bonds is 3. The van der Waals surface area contributed by atoms with Gasteiger partial charge in [0, 0.05) is 11.2 Å². The third kappa shape index (κ3) is 2.83. The molecule has 2 rings (SSSR count). The second-order valence-electron chi connectivity index (χ2n) is 4.31. The van der Waals surface area contributed by atoms with Crippen molar-refractivity contribution in [1.82, 2.24) is 4.98 Å². The van der Waals surface area contributed by atoms with E-state index in [4.69, 9.17) is 27.3 Å². The summed E-state index contributed by atoms with van der Waals surface area (Å²) >= 11 is 5.91. The number of halogens is 1. The third-order valence-corrected chi connectivity index (χ3v) is 3.07. The molecule has 0 fully saturated rings. The van der Waals surface area contributed by atoms with Crippen LogP contribution in [-0.2, 0) is 0 Å². The lowest BCUT2D eigenvalue weighted by atomic mass is 10.1. The summed E-state index contributed by atoms with van der Waals surface area (Å²) in [5, 5.41) is 12.5. The maximum Gasteiger partial charge on any atom is 0.230 e. The molecule has 0 bridgehead atoms. The maximum atomic E-state index is 8.86. The van der Waals surface area contributed by atoms with Gasteiger partial charge in [0.15, 0.2) is 5.84 Å². The Morgan fingerprint density at radius 3 is 2.70 bits per heavy atom. The van der Waals surface area contributed by atoms with Crippen LogP contribution in [0.5, 0.6) is 11.6 Å². The summed E-state index contributed by atoms with van der Waals surface area (Å²) in [7, 11) is 0. The van der Waals surface area contributed by atoms with Gasteiger partial charge >= 0.3 is 0 Å². The number of ether oxygens (including phenoxy) is 1. The Morgan fingerprint density at radius 2 is 2.05 bits per heavy atom. The van der Waals surface area contributed by atoms with Crippen molar-refractivity contribution >= 4 is 17.4 Å². The number of oxime groups is 1. The van der Waals surface area contributed by atoms with Crippen LogP contribution in [0.25, 0.3) is 0 Å². The van der Waals surface area contributed by atoms with E-state index in [1.807, 2.05) is 13.8 Å². The highest BCUT2D eigenvalue weighted by Gasteiger charge is 2.14. The van der Waals surface area contributed by atoms with Gasteiger partial charge in [-0.25, -0.2) is 4.98 Å². The highest BCUT2D eigenvalue weighted by molar-refractivity contribution is 6.30. The van der Waals surface area contributed by atoms with Gasteiger partial charge in [-0.05, 0) is 49.2 Å². The average molecular weight is 292 g/mol. The fourth-order valence-electron chi connectivity index (χ4n) is 1.80. The van der Waals surface area contributed by atoms with Crippen molar-refractivity contribution in [3.05, 3.63) is 52.2 Å². The molecule has 0 saturated carbocycles. The monoisotopic (exact) mass is 291 g/mol. The van der Waals surface area contributed by atoms with E-state index < -0.39 is 0 Å². The lowest BCUT2D eigenvalue weighted by Gasteiger charge is -2.12. The molecule has 3 N–H and O–H groups in total. The van der Waals surface area contributed by atoms with Gasteiger partial charge in [-0.15, -0.1) is 0 Å². The van der Waals surface area contributed by atoms with Crippen LogP contribution in [-0.4, -0.2) is 16.0 Å². The smallest absolute Gasteiger partial charge is 0.230 e. The molecule has 1 heterocycles. The predicted molar refractivity (Wildman–Crippen MR) is 77.7 cm³/mol. The van der Waals surface area contributed by atoms with E-state index >= 15 is 0 Å². The molecule has 0 amide bonds. The van der Waals surface area contributed by atoms with Crippen molar-refractivity contribution in [2.75, 3.05) is 0 Å². The Morgan fingerprint density at radius 1 is 1.30 bits per heavy atom. The van der Waals surface area contributed by atoms with Gasteiger partial charge in [0.2, 0.25) is 5.88 Å². The molecule has 6 heteroatoms. The summed E-state index contributed by atoms with van der Waals surface area (Å²) in [5.74, 6) is 0.849. The molecule has 0 aliphatic heterocycles. The number of hydrogen-bond acceptors (Lipinski definition) is 4. The Balaban J connectivity index is 2.46. The van der Waals surface area contributed by atoms with Crippen LogP contribution in [0, 0.1) is 13.8 Å². The van der Waals surface area contributed by atoms with Crippen molar-refractivity contribution in [1.29, 1.82) is 0 Å². The van der Waals surface area contributed by atoms with Crippen LogP contribution in [0.4, 0.5) is 0 Å². The van der Waals surface area contributed by atoms with Crippen molar-refractivity contribution in [3.8, 4) is 11.6 Å². The van der Waals surface area contributed by atoms with Crippen molar-refractivity contribution in [2.45, 2.75) is 13.8 Å². The highest BCUT2D eigenvalue weighted by Crippen LogP contribution is 2.29. The summed E-state index contributed by atoms with van der Waals surface area (Å²) in [6.45, 7) is 3.71. The lowest BCUT2D eigenvalue weighted by Crippen LogP contribution is -2.16. The Hall–Kier alpha value is -2.27. The molecule has 0 spiro atoms. The second-order valence-corrected chi connectivity index (χ2v) is 4.74. The molecular weight excluding hydrogens is 278 g/mol. The number of pyridine rings is 1. The molecule has 0 aliphatic carbocycles. The molecule has 2 aromatic rings. The molecule has 0 radical (unpaired) electrons. The van der Waals surface area contributed by atoms with Crippen LogP contribution >= 0.6 is 11.6 Å². The Kier molecular flexibility index (Phi) is 4.10. The van der Waals surface area contributed by atoms with Gasteiger partial charge in [-0.2, -0.15) is 0 Å². The molecule has 104 valence electrons. The summed E-state index contributed by atoms with van der Waals surface area (Å²) in [6, 6.07) is 7.02. The predicted octanol–water partition coefficient (Wildman–Crippen LogP) is 3.24. The van der Waals surface area contributed by atoms with E-state index in [-0.39, 0.29) is 11.7 Å². The van der Waals surface area contributed by atoms with E-state index in [1.165, 1.54) is 0 Å². The van der Waals surface area contributed by atoms with E-state index in [9.17, 15) is 0 Å². The number of nitrogens with two attached hydrogens (primary N) is 1. The molecule has 1 aromatic carbocycles. The molecule has 5 nitrogen and oxygen atoms in total. The SMILES string of the molecule is Cc1cc(Cl)ccc1Oc1nccc(C)c1/C(N)=N/O. The largest absolute Gasteiger partial charge is 0.438 e. The zero-order chi connectivity index (χ0) is 14.7. The molecule has 1 aromatic heterocycles. The van der Waals surface area contributed by atoms with Crippen LogP contribution < -0.4 is 10.5 Å². The van der Waals surface area contributed by atoms with Gasteiger partial charge in [-0.1, -0.05) is 16.8 Å². The summed E-state index contributed by atoms with van der Waals surface area (Å²) in [6.07, 6.45) is 1.60. The summed E-state index contributed by atoms with van der Waals surface area (Å²) in [4.78, 5) is 4.14. The summed E-state index contributed by atoms with van der Waals surface area (Å²) in [5.41, 5.74) is 7.80. The van der Waals surface area contributed by atoms with Crippen molar-refractivity contribution in [2.24, 2.45) is 10.9 Å². The minimum absolute atomic E-state index is 0.0442. The minimum Gasteiger partial charge on any atom is -0.438 e. The van der Waals surface area contributed by atoms with E-state index in [0.29, 0.717) is 16.3 Å². The molecule has 20 heavy (non-hydrogen) atoms. The van der Waals surface area contributed by atoms with Gasteiger partial charge in [0.25, 0.3) is 0 Å². The molecule has 0 unspecified atom stereocenters. The first-order valence-electron chi connectivity index (χ1n) is 5.90. The molecule has 0 aliphatic rings. The highest BCUT2D eigenvalue weighted by atomic mass is 35.5. The maximum absolute atomic E-state index is 8.86. The molecule has 0 atom stereocenters. The van der Waals surface area contributed by atoms with E-state index in [0.717, 1.165) is 11.1 Å². The Bertz CT molecular complexity index is 671. The first kappa shape index (κ1) is 14.1. The van der Waals surface area contributed by atoms with Crippen molar-refractivity contribution < 1.29 is 9.94 Å². The van der Waals surface area contributed by atoms with Crippen LogP contribution in [0.2, 0.25) is 5.02 Å². The van der Waals surface area contributed by atoms with Crippen LogP contribution in [0.15, 0.2) is 35.6 Å². The first-order valence-corrected chi connectivity index (χ1v) is 6.28. The number of aromatic nitrogens is 1. The zero-order valence-electron chi connectivity index (χ0n) is 11.1. The van der Waals surface area contributed by atoms with Crippen LogP contribution in [0.3, 0.4) is 0 Å². The van der Waals surface area contributed by atoms with Gasteiger partial charge in [-0.3, -0.25) is 0 Å². The fraction of sp³-hybridized carbons (Fsp3) is 0.143. The molecule has 0 saturated heterocycles. The van der Waals surface area contributed by atoms with E-state index in [2.05, 4.69) is 10.1 Å². The van der Waals surface area contributed by atoms with Crippen LogP contribution in [0.1, 0.15) is 16.7 Å². The third-order valence-electron chi connectivity index (χ3n) is 2.83. The van der Waals surface area contributed by atoms with Crippen molar-refractivity contribution in [3.63, 3.8) is 0 Å². The quantitative estimate of drug-likeness (QED) is 0.394. The standard InChI is InChI=1S/C14H14ClN3O2/c1-8-5-6-17-14(12(8)13(16)18-19)20-11-4-3-10(15)7-9(11)2/h3-7,19H,1-2H3,(H2,16,18). The van der Waals surface area contributed by atoms with Gasteiger partial charge in [0.05, 0.1) is 5.56 Å². The summed E-state index contributed by atoms with van der Waals surface area (Å²) < 4.78 is 5.76. The topological polar surface area (TPSA) is 80.7 Å². The second kappa shape index (κ2) is 5.79. The number of amidine groups is 1. The number of hydrogen-bond donors (Lipinski definition) is 2. The zero-order valence-corrected chi connectivity index (χ0v) is 11.8. The number of aryl methyl sites for hydroxylation is 2. The molecular formula is C14H14ClN3O2. The fourth-order valence-corrected chi connectivity index (χ4v) is 2.03. The normalized spacial score (nSPS) is 11.4. The Labute approximate surface area is 121 Å². The first-order chi connectivity index (χ1) is 9.52. The van der Waals surface area contributed by atoms with Gasteiger partial charge in [0.1, 0.15) is 5.75 Å². The minimum atomic E-state index is -0.0442. The number of nitrogens with zero attached hydrogens (tertiary/aromatic N) is 2.